The number of alkyl halides is 2. The van der Waals surface area contributed by atoms with Crippen molar-refractivity contribution in [3.8, 4) is 5.75 Å². The second-order valence-electron chi connectivity index (χ2n) is 11.4. The van der Waals surface area contributed by atoms with Gasteiger partial charge in [-0.05, 0) is 49.3 Å². The number of pyridine rings is 1. The molecule has 1 saturated carbocycles. The molecular weight excluding hydrogens is 556 g/mol. The fourth-order valence-electron chi connectivity index (χ4n) is 5.93. The second-order valence-corrected chi connectivity index (χ2v) is 11.9. The molecule has 2 aliphatic heterocycles. The van der Waals surface area contributed by atoms with Crippen molar-refractivity contribution in [2.24, 2.45) is 18.9 Å². The van der Waals surface area contributed by atoms with Crippen LogP contribution in [0.25, 0.3) is 10.9 Å². The molecule has 3 atom stereocenters. The maximum Gasteiger partial charge on any atom is 0.301 e. The van der Waals surface area contributed by atoms with E-state index in [9.17, 15) is 18.4 Å². The molecule has 1 amide bonds. The summed E-state index contributed by atoms with van der Waals surface area (Å²) in [5.74, 6) is -2.34. The van der Waals surface area contributed by atoms with Crippen molar-refractivity contribution in [3.63, 3.8) is 0 Å². The maximum atomic E-state index is 15.0. The van der Waals surface area contributed by atoms with Crippen molar-refractivity contribution in [3.05, 3.63) is 39.8 Å². The van der Waals surface area contributed by atoms with Crippen LogP contribution in [0.3, 0.4) is 0 Å². The molecule has 0 bridgehead atoms. The first kappa shape index (κ1) is 27.5. The van der Waals surface area contributed by atoms with Crippen molar-refractivity contribution >= 4 is 51.6 Å². The molecule has 1 aliphatic carbocycles. The molecule has 4 heterocycles. The van der Waals surface area contributed by atoms with Gasteiger partial charge < -0.3 is 30.2 Å². The average Bonchev–Trinajstić information content (AvgIpc) is 3.75. The third kappa shape index (κ3) is 5.37. The molecule has 10 nitrogen and oxygen atoms in total. The molecule has 13 heteroatoms. The minimum atomic E-state index is -3.12. The van der Waals surface area contributed by atoms with Crippen LogP contribution in [0.1, 0.15) is 33.1 Å². The van der Waals surface area contributed by atoms with E-state index in [1.165, 1.54) is 17.7 Å². The third-order valence-corrected chi connectivity index (χ3v) is 8.23. The fourth-order valence-corrected chi connectivity index (χ4v) is 6.07. The molecule has 218 valence electrons. The molecule has 6 rings (SSSR count). The molecule has 0 spiro atoms. The summed E-state index contributed by atoms with van der Waals surface area (Å²) < 4.78 is 36.8. The van der Waals surface area contributed by atoms with Gasteiger partial charge in [0.25, 0.3) is 5.56 Å². The van der Waals surface area contributed by atoms with Crippen LogP contribution in [0.15, 0.2) is 29.2 Å². The van der Waals surface area contributed by atoms with Gasteiger partial charge in [0.05, 0.1) is 23.4 Å². The van der Waals surface area contributed by atoms with E-state index in [4.69, 9.17) is 16.3 Å². The van der Waals surface area contributed by atoms with Gasteiger partial charge in [0.15, 0.2) is 12.4 Å². The van der Waals surface area contributed by atoms with Gasteiger partial charge in [0.1, 0.15) is 5.02 Å². The van der Waals surface area contributed by atoms with Crippen LogP contribution in [0.4, 0.5) is 31.9 Å². The van der Waals surface area contributed by atoms with Crippen LogP contribution in [-0.2, 0) is 11.8 Å². The zero-order valence-electron chi connectivity index (χ0n) is 23.0. The highest BCUT2D eigenvalue weighted by Crippen LogP contribution is 2.45. The van der Waals surface area contributed by atoms with Gasteiger partial charge in [-0.3, -0.25) is 9.59 Å². The highest BCUT2D eigenvalue weighted by atomic mass is 35.5. The molecule has 1 aromatic carbocycles. The van der Waals surface area contributed by atoms with E-state index >= 15 is 0 Å². The lowest BCUT2D eigenvalue weighted by molar-refractivity contribution is -0.119. The van der Waals surface area contributed by atoms with Crippen molar-refractivity contribution in [1.29, 1.82) is 0 Å². The number of aromatic nitrogens is 3. The number of aryl methyl sites for hydroxylation is 1. The number of anilines is 4. The summed E-state index contributed by atoms with van der Waals surface area (Å²) in [6, 6.07) is 4.15. The Hall–Kier alpha value is -3.67. The van der Waals surface area contributed by atoms with Crippen molar-refractivity contribution in [2.45, 2.75) is 51.1 Å². The number of fused-ring (bicyclic) bond motifs is 3. The molecule has 41 heavy (non-hydrogen) atoms. The van der Waals surface area contributed by atoms with Gasteiger partial charge in [-0.25, -0.2) is 13.8 Å². The number of ether oxygens (including phenoxy) is 1. The minimum Gasteiger partial charge on any atom is -0.480 e. The number of carbonyl (C=O) groups excluding carboxylic acids is 1. The molecule has 0 unspecified atom stereocenters. The standard InChI is InChI=1S/C28H32ClF2N7O3/c1-14-8-18(33-15(2)39)12-38(11-14)27-32-10-20(29)25(36-27)34-17-6-7-21-19(9-17)22-23(26(40)37(21)3)41-13-28(30,31)24(35-22)16-4-5-16/h6-7,9-10,14,16,18,24,35H,4-5,8,11-13H2,1-3H3,(H,33,39)(H,32,34,36)/t14-,18+,24+/m1/s1. The lowest BCUT2D eigenvalue weighted by Crippen LogP contribution is -2.50. The highest BCUT2D eigenvalue weighted by Gasteiger charge is 2.51. The number of hydrogen-bond acceptors (Lipinski definition) is 8. The Morgan fingerprint density at radius 1 is 1.27 bits per heavy atom. The second kappa shape index (κ2) is 10.3. The minimum absolute atomic E-state index is 0.0177. The first-order chi connectivity index (χ1) is 19.5. The normalized spacial score (nSPS) is 23.7. The summed E-state index contributed by atoms with van der Waals surface area (Å²) in [6.45, 7) is 4.06. The number of carbonyl (C=O) groups is 1. The van der Waals surface area contributed by atoms with Gasteiger partial charge in [0, 0.05) is 44.2 Å². The molecule has 1 saturated heterocycles. The largest absolute Gasteiger partial charge is 0.480 e. The Kier molecular flexibility index (Phi) is 6.91. The van der Waals surface area contributed by atoms with Gasteiger partial charge in [-0.1, -0.05) is 18.5 Å². The van der Waals surface area contributed by atoms with E-state index in [1.807, 2.05) is 4.90 Å². The number of piperidine rings is 1. The molecule has 3 N–H and O–H groups in total. The molecule has 2 fully saturated rings. The Balaban J connectivity index is 1.34. The van der Waals surface area contributed by atoms with Gasteiger partial charge in [0.2, 0.25) is 17.6 Å². The number of nitrogens with one attached hydrogen (secondary N) is 3. The van der Waals surface area contributed by atoms with E-state index < -0.39 is 24.1 Å². The van der Waals surface area contributed by atoms with E-state index in [0.29, 0.717) is 58.7 Å². The van der Waals surface area contributed by atoms with Gasteiger partial charge in [-0.15, -0.1) is 0 Å². The Labute approximate surface area is 240 Å². The molecular formula is C28H32ClF2N7O3. The van der Waals surface area contributed by atoms with Crippen LogP contribution in [0, 0.1) is 11.8 Å². The van der Waals surface area contributed by atoms with Crippen molar-refractivity contribution in [2.75, 3.05) is 35.2 Å². The van der Waals surface area contributed by atoms with E-state index in [2.05, 4.69) is 32.8 Å². The van der Waals surface area contributed by atoms with E-state index in [-0.39, 0.29) is 29.3 Å². The Bertz CT molecular complexity index is 1580. The quantitative estimate of drug-likeness (QED) is 0.405. The molecule has 0 radical (unpaired) electrons. The fraction of sp³-hybridized carbons (Fsp3) is 0.500. The predicted molar refractivity (Wildman–Crippen MR) is 154 cm³/mol. The highest BCUT2D eigenvalue weighted by molar-refractivity contribution is 6.33. The Morgan fingerprint density at radius 2 is 2.05 bits per heavy atom. The number of benzene rings is 1. The number of nitrogens with zero attached hydrogens (tertiary/aromatic N) is 4. The summed E-state index contributed by atoms with van der Waals surface area (Å²) in [5.41, 5.74) is 0.941. The predicted octanol–water partition coefficient (Wildman–Crippen LogP) is 4.29. The van der Waals surface area contributed by atoms with E-state index in [1.54, 1.807) is 25.2 Å². The number of amides is 1. The number of rotatable bonds is 5. The Morgan fingerprint density at radius 3 is 2.78 bits per heavy atom. The lowest BCUT2D eigenvalue weighted by Gasteiger charge is -2.36. The van der Waals surface area contributed by atoms with Crippen LogP contribution in [0.2, 0.25) is 5.02 Å². The summed E-state index contributed by atoms with van der Waals surface area (Å²) in [4.78, 5) is 35.8. The van der Waals surface area contributed by atoms with Crippen molar-refractivity contribution in [1.82, 2.24) is 19.9 Å². The third-order valence-electron chi connectivity index (χ3n) is 7.95. The topological polar surface area (TPSA) is 113 Å². The summed E-state index contributed by atoms with van der Waals surface area (Å²) in [6.07, 6.45) is 3.79. The smallest absolute Gasteiger partial charge is 0.301 e. The van der Waals surface area contributed by atoms with Crippen LogP contribution < -0.4 is 31.1 Å². The summed E-state index contributed by atoms with van der Waals surface area (Å²) in [5, 5.41) is 10.1. The monoisotopic (exact) mass is 587 g/mol. The summed E-state index contributed by atoms with van der Waals surface area (Å²) in [7, 11) is 1.59. The summed E-state index contributed by atoms with van der Waals surface area (Å²) >= 11 is 6.48. The molecule has 3 aromatic rings. The maximum absolute atomic E-state index is 15.0. The SMILES string of the molecule is CC(=O)N[C@H]1C[C@@H](C)CN(c2ncc(Cl)c(Nc3ccc4c(c3)c3c(c(=O)n4C)OCC(F)(F)[C@H](C4CC4)N3)n2)C1. The van der Waals surface area contributed by atoms with E-state index in [0.717, 1.165) is 13.0 Å². The van der Waals surface area contributed by atoms with Crippen LogP contribution in [0.5, 0.6) is 5.75 Å². The number of halogens is 3. The zero-order valence-corrected chi connectivity index (χ0v) is 23.8. The molecule has 2 aromatic heterocycles. The average molecular weight is 588 g/mol. The molecule has 3 aliphatic rings. The first-order valence-electron chi connectivity index (χ1n) is 13.8. The number of hydrogen-bond donors (Lipinski definition) is 3. The lowest BCUT2D eigenvalue weighted by atomic mass is 9.96. The van der Waals surface area contributed by atoms with Gasteiger partial charge >= 0.3 is 5.92 Å². The first-order valence-corrected chi connectivity index (χ1v) is 14.1. The van der Waals surface area contributed by atoms with Crippen molar-refractivity contribution < 1.29 is 18.3 Å². The van der Waals surface area contributed by atoms with Crippen LogP contribution in [-0.4, -0.2) is 58.1 Å². The van der Waals surface area contributed by atoms with Crippen LogP contribution >= 0.6 is 11.6 Å². The van der Waals surface area contributed by atoms with Gasteiger partial charge in [-0.2, -0.15) is 4.98 Å². The zero-order chi connectivity index (χ0) is 29.1.